The van der Waals surface area contributed by atoms with E-state index in [4.69, 9.17) is 9.47 Å². The van der Waals surface area contributed by atoms with Gasteiger partial charge in [0.2, 0.25) is 0 Å². The van der Waals surface area contributed by atoms with Gasteiger partial charge in [0, 0.05) is 19.0 Å². The van der Waals surface area contributed by atoms with Gasteiger partial charge < -0.3 is 14.8 Å². The number of methoxy groups -OCH3 is 2. The highest BCUT2D eigenvalue weighted by Gasteiger charge is 2.36. The van der Waals surface area contributed by atoms with E-state index in [9.17, 15) is 4.79 Å². The number of ether oxygens (including phenoxy) is 2. The van der Waals surface area contributed by atoms with Gasteiger partial charge in [0.15, 0.2) is 0 Å². The van der Waals surface area contributed by atoms with Gasteiger partial charge in [0.25, 0.3) is 0 Å². The fourth-order valence-electron chi connectivity index (χ4n) is 2.38. The van der Waals surface area contributed by atoms with Gasteiger partial charge in [-0.15, -0.1) is 0 Å². The molecule has 0 aliphatic carbocycles. The summed E-state index contributed by atoms with van der Waals surface area (Å²) in [4.78, 5) is 11.7. The van der Waals surface area contributed by atoms with Gasteiger partial charge in [-0.1, -0.05) is 18.2 Å². The number of hydrogen-bond acceptors (Lipinski definition) is 4. The number of rotatable bonds is 3. The van der Waals surface area contributed by atoms with Crippen molar-refractivity contribution in [1.82, 2.24) is 5.32 Å². The standard InChI is InChI=1S/C13H17NO3/c1-16-12-6-4-3-5-9(12)10-7-14-8-11(10)13(15)17-2/h3-6,10-11,14H,7-8H2,1-2H3. The van der Waals surface area contributed by atoms with E-state index in [2.05, 4.69) is 5.32 Å². The Bertz CT molecular complexity index is 405. The third-order valence-electron chi connectivity index (χ3n) is 3.26. The van der Waals surface area contributed by atoms with Crippen LogP contribution in [0.25, 0.3) is 0 Å². The van der Waals surface area contributed by atoms with Crippen molar-refractivity contribution in [2.75, 3.05) is 27.3 Å². The van der Waals surface area contributed by atoms with Crippen LogP contribution in [0.1, 0.15) is 11.5 Å². The zero-order valence-corrected chi connectivity index (χ0v) is 10.1. The maximum Gasteiger partial charge on any atom is 0.310 e. The first-order valence-corrected chi connectivity index (χ1v) is 5.69. The van der Waals surface area contributed by atoms with Crippen LogP contribution in [0.3, 0.4) is 0 Å². The summed E-state index contributed by atoms with van der Waals surface area (Å²) in [5.41, 5.74) is 1.07. The highest BCUT2D eigenvalue weighted by Crippen LogP contribution is 2.34. The lowest BCUT2D eigenvalue weighted by Crippen LogP contribution is -2.23. The normalized spacial score (nSPS) is 23.4. The molecule has 1 aromatic rings. The minimum Gasteiger partial charge on any atom is -0.496 e. The van der Waals surface area contributed by atoms with E-state index in [1.807, 2.05) is 24.3 Å². The molecule has 2 rings (SSSR count). The lowest BCUT2D eigenvalue weighted by atomic mass is 9.88. The number of nitrogens with one attached hydrogen (secondary N) is 1. The molecular weight excluding hydrogens is 218 g/mol. The predicted molar refractivity (Wildman–Crippen MR) is 64.1 cm³/mol. The van der Waals surface area contributed by atoms with Crippen LogP contribution in [0.2, 0.25) is 0 Å². The second-order valence-electron chi connectivity index (χ2n) is 4.14. The lowest BCUT2D eigenvalue weighted by molar-refractivity contribution is -0.145. The van der Waals surface area contributed by atoms with Crippen LogP contribution in [-0.4, -0.2) is 33.3 Å². The second kappa shape index (κ2) is 5.19. The molecule has 1 aliphatic rings. The van der Waals surface area contributed by atoms with Gasteiger partial charge in [-0.2, -0.15) is 0 Å². The van der Waals surface area contributed by atoms with E-state index < -0.39 is 0 Å². The van der Waals surface area contributed by atoms with Crippen LogP contribution >= 0.6 is 0 Å². The second-order valence-corrected chi connectivity index (χ2v) is 4.14. The molecule has 1 saturated heterocycles. The van der Waals surface area contributed by atoms with E-state index in [-0.39, 0.29) is 17.8 Å². The van der Waals surface area contributed by atoms with Gasteiger partial charge in [-0.25, -0.2) is 0 Å². The minimum atomic E-state index is -0.161. The maximum absolute atomic E-state index is 11.7. The SMILES string of the molecule is COC(=O)C1CNCC1c1ccccc1OC. The van der Waals surface area contributed by atoms with Crippen LogP contribution in [0, 0.1) is 5.92 Å². The van der Waals surface area contributed by atoms with Crippen LogP contribution in [0.15, 0.2) is 24.3 Å². The average molecular weight is 235 g/mol. The van der Waals surface area contributed by atoms with Gasteiger partial charge in [-0.05, 0) is 11.6 Å². The Morgan fingerprint density at radius 2 is 2.06 bits per heavy atom. The molecule has 1 aromatic carbocycles. The topological polar surface area (TPSA) is 47.6 Å². The molecular formula is C13H17NO3. The number of para-hydroxylation sites is 1. The van der Waals surface area contributed by atoms with Gasteiger partial charge >= 0.3 is 5.97 Å². The molecule has 0 bridgehead atoms. The molecule has 4 heteroatoms. The van der Waals surface area contributed by atoms with Crippen LogP contribution in [-0.2, 0) is 9.53 Å². The highest BCUT2D eigenvalue weighted by atomic mass is 16.5. The third kappa shape index (κ3) is 2.26. The Morgan fingerprint density at radius 3 is 2.76 bits per heavy atom. The summed E-state index contributed by atoms with van der Waals surface area (Å²) in [6, 6.07) is 7.82. The Balaban J connectivity index is 2.29. The zero-order chi connectivity index (χ0) is 12.3. The van der Waals surface area contributed by atoms with Crippen LogP contribution < -0.4 is 10.1 Å². The van der Waals surface area contributed by atoms with E-state index in [1.54, 1.807) is 7.11 Å². The Morgan fingerprint density at radius 1 is 1.29 bits per heavy atom. The molecule has 1 N–H and O–H groups in total. The zero-order valence-electron chi connectivity index (χ0n) is 10.1. The molecule has 1 aliphatic heterocycles. The summed E-state index contributed by atoms with van der Waals surface area (Å²) in [5.74, 6) is 0.663. The molecule has 1 fully saturated rings. The summed E-state index contributed by atoms with van der Waals surface area (Å²) in [7, 11) is 3.08. The lowest BCUT2D eigenvalue weighted by Gasteiger charge is -2.19. The molecule has 92 valence electrons. The van der Waals surface area contributed by atoms with Crippen LogP contribution in [0.4, 0.5) is 0 Å². The third-order valence-corrected chi connectivity index (χ3v) is 3.26. The van der Waals surface area contributed by atoms with E-state index in [0.717, 1.165) is 17.9 Å². The fraction of sp³-hybridized carbons (Fsp3) is 0.462. The molecule has 2 atom stereocenters. The largest absolute Gasteiger partial charge is 0.496 e. The molecule has 0 amide bonds. The number of carbonyl (C=O) groups excluding carboxylic acids is 1. The Labute approximate surface area is 101 Å². The monoisotopic (exact) mass is 235 g/mol. The van der Waals surface area contributed by atoms with Gasteiger partial charge in [-0.3, -0.25) is 4.79 Å². The van der Waals surface area contributed by atoms with Crippen molar-refractivity contribution < 1.29 is 14.3 Å². The highest BCUT2D eigenvalue weighted by molar-refractivity contribution is 5.74. The molecule has 0 spiro atoms. The minimum absolute atomic E-state index is 0.124. The first-order chi connectivity index (χ1) is 8.27. The molecule has 0 aromatic heterocycles. The molecule has 4 nitrogen and oxygen atoms in total. The Hall–Kier alpha value is -1.55. The van der Waals surface area contributed by atoms with Gasteiger partial charge in [0.05, 0.1) is 20.1 Å². The Kier molecular flexibility index (Phi) is 3.64. The van der Waals surface area contributed by atoms with Gasteiger partial charge in [0.1, 0.15) is 5.75 Å². The summed E-state index contributed by atoms with van der Waals surface area (Å²) in [6.07, 6.45) is 0. The van der Waals surface area contributed by atoms with Crippen molar-refractivity contribution >= 4 is 5.97 Å². The number of benzene rings is 1. The quantitative estimate of drug-likeness (QED) is 0.799. The fourth-order valence-corrected chi connectivity index (χ4v) is 2.38. The first kappa shape index (κ1) is 11.9. The van der Waals surface area contributed by atoms with Crippen molar-refractivity contribution in [2.24, 2.45) is 5.92 Å². The summed E-state index contributed by atoms with van der Waals surface area (Å²) < 4.78 is 10.2. The average Bonchev–Trinajstić information content (AvgIpc) is 2.86. The number of esters is 1. The molecule has 2 unspecified atom stereocenters. The van der Waals surface area contributed by atoms with Crippen molar-refractivity contribution in [3.8, 4) is 5.75 Å². The maximum atomic E-state index is 11.7. The molecule has 0 saturated carbocycles. The van der Waals surface area contributed by atoms with E-state index >= 15 is 0 Å². The summed E-state index contributed by atoms with van der Waals surface area (Å²) >= 11 is 0. The summed E-state index contributed by atoms with van der Waals surface area (Å²) in [6.45, 7) is 1.44. The van der Waals surface area contributed by atoms with Crippen molar-refractivity contribution in [2.45, 2.75) is 5.92 Å². The summed E-state index contributed by atoms with van der Waals surface area (Å²) in [5, 5.41) is 3.23. The van der Waals surface area contributed by atoms with E-state index in [0.29, 0.717) is 6.54 Å². The predicted octanol–water partition coefficient (Wildman–Crippen LogP) is 1.17. The smallest absolute Gasteiger partial charge is 0.310 e. The molecule has 17 heavy (non-hydrogen) atoms. The van der Waals surface area contributed by atoms with Crippen molar-refractivity contribution in [1.29, 1.82) is 0 Å². The number of carbonyl (C=O) groups is 1. The van der Waals surface area contributed by atoms with E-state index in [1.165, 1.54) is 7.11 Å². The number of hydrogen-bond donors (Lipinski definition) is 1. The molecule has 1 heterocycles. The van der Waals surface area contributed by atoms with Crippen LogP contribution in [0.5, 0.6) is 5.75 Å². The van der Waals surface area contributed by atoms with Crippen molar-refractivity contribution in [3.63, 3.8) is 0 Å². The first-order valence-electron chi connectivity index (χ1n) is 5.69. The molecule has 0 radical (unpaired) electrons. The van der Waals surface area contributed by atoms with Crippen molar-refractivity contribution in [3.05, 3.63) is 29.8 Å².